The lowest BCUT2D eigenvalue weighted by atomic mass is 10.1. The number of rotatable bonds is 1. The zero-order valence-electron chi connectivity index (χ0n) is 10.7. The third-order valence-corrected chi connectivity index (χ3v) is 4.97. The molecule has 0 bridgehead atoms. The molecular formula is C14H9BrN2O3S. The maximum atomic E-state index is 11.1. The van der Waals surface area contributed by atoms with E-state index in [0.29, 0.717) is 12.5 Å². The van der Waals surface area contributed by atoms with E-state index in [0.717, 1.165) is 32.0 Å². The number of nitrogens with one attached hydrogen (secondary N) is 1. The van der Waals surface area contributed by atoms with Crippen molar-refractivity contribution in [2.24, 2.45) is 0 Å². The second-order valence-corrected chi connectivity index (χ2v) is 6.59. The Bertz CT molecular complexity index is 880. The normalized spacial score (nSPS) is 13.2. The molecule has 1 aromatic carbocycles. The first-order valence-corrected chi connectivity index (χ1v) is 7.93. The molecule has 0 saturated carbocycles. The molecule has 0 spiro atoms. The quantitative estimate of drug-likeness (QED) is 0.717. The summed E-state index contributed by atoms with van der Waals surface area (Å²) < 4.78 is 11.8. The Morgan fingerprint density at radius 3 is 3.05 bits per heavy atom. The number of nitrogens with zero attached hydrogens (tertiary/aromatic N) is 1. The molecule has 5 nitrogen and oxygen atoms in total. The van der Waals surface area contributed by atoms with Gasteiger partial charge in [0.2, 0.25) is 0 Å². The average Bonchev–Trinajstić information content (AvgIpc) is 3.02. The molecule has 4 rings (SSSR count). The summed E-state index contributed by atoms with van der Waals surface area (Å²) in [5.41, 5.74) is 2.24. The molecule has 0 atom stereocenters. The third-order valence-electron chi connectivity index (χ3n) is 3.28. The van der Waals surface area contributed by atoms with Crippen molar-refractivity contribution >= 4 is 27.3 Å². The molecule has 0 unspecified atom stereocenters. The number of H-pyrrole nitrogens is 1. The van der Waals surface area contributed by atoms with Crippen LogP contribution >= 0.6 is 27.3 Å². The van der Waals surface area contributed by atoms with Crippen LogP contribution in [0, 0.1) is 0 Å². The third kappa shape index (κ3) is 2.22. The maximum Gasteiger partial charge on any atom is 0.434 e. The van der Waals surface area contributed by atoms with E-state index in [1.807, 2.05) is 24.3 Å². The molecule has 106 valence electrons. The van der Waals surface area contributed by atoms with Crippen LogP contribution < -0.4 is 10.5 Å². The molecule has 21 heavy (non-hydrogen) atoms. The van der Waals surface area contributed by atoms with Crippen molar-refractivity contribution in [3.63, 3.8) is 0 Å². The summed E-state index contributed by atoms with van der Waals surface area (Å²) in [6.07, 6.45) is 0.812. The maximum absolute atomic E-state index is 11.1. The average molecular weight is 365 g/mol. The van der Waals surface area contributed by atoms with E-state index in [2.05, 4.69) is 26.1 Å². The van der Waals surface area contributed by atoms with Gasteiger partial charge in [-0.1, -0.05) is 15.9 Å². The molecular weight excluding hydrogens is 356 g/mol. The van der Waals surface area contributed by atoms with E-state index in [4.69, 9.17) is 9.15 Å². The van der Waals surface area contributed by atoms with Crippen LogP contribution in [0.4, 0.5) is 0 Å². The van der Waals surface area contributed by atoms with Crippen LogP contribution in [0.1, 0.15) is 5.56 Å². The monoisotopic (exact) mass is 364 g/mol. The smallest absolute Gasteiger partial charge is 0.434 e. The van der Waals surface area contributed by atoms with E-state index >= 15 is 0 Å². The summed E-state index contributed by atoms with van der Waals surface area (Å²) in [4.78, 5) is 13.1. The predicted molar refractivity (Wildman–Crippen MR) is 82.8 cm³/mol. The van der Waals surface area contributed by atoms with Gasteiger partial charge in [-0.15, -0.1) is 16.4 Å². The summed E-state index contributed by atoms with van der Waals surface area (Å²) in [7, 11) is 0. The molecule has 0 aliphatic carbocycles. The number of thiophene rings is 1. The van der Waals surface area contributed by atoms with Crippen LogP contribution in [0.2, 0.25) is 0 Å². The van der Waals surface area contributed by atoms with Gasteiger partial charge in [0, 0.05) is 21.3 Å². The van der Waals surface area contributed by atoms with Crippen molar-refractivity contribution in [2.75, 3.05) is 6.61 Å². The minimum Gasteiger partial charge on any atom is -0.493 e. The lowest BCUT2D eigenvalue weighted by molar-refractivity contribution is 0.326. The highest BCUT2D eigenvalue weighted by atomic mass is 79.9. The van der Waals surface area contributed by atoms with Gasteiger partial charge in [0.1, 0.15) is 5.75 Å². The number of hydrogen-bond acceptors (Lipinski definition) is 5. The summed E-state index contributed by atoms with van der Waals surface area (Å²) in [6, 6.07) is 8.01. The second kappa shape index (κ2) is 4.85. The number of fused-ring (bicyclic) bond motifs is 3. The van der Waals surface area contributed by atoms with Gasteiger partial charge >= 0.3 is 5.76 Å². The van der Waals surface area contributed by atoms with E-state index < -0.39 is 5.76 Å². The van der Waals surface area contributed by atoms with Gasteiger partial charge < -0.3 is 9.15 Å². The highest BCUT2D eigenvalue weighted by Crippen LogP contribution is 2.43. The molecule has 1 N–H and O–H groups in total. The molecule has 1 aliphatic rings. The highest BCUT2D eigenvalue weighted by molar-refractivity contribution is 9.10. The number of benzene rings is 1. The summed E-state index contributed by atoms with van der Waals surface area (Å²) in [5, 5.41) is 6.18. The first-order chi connectivity index (χ1) is 10.2. The molecule has 2 aromatic heterocycles. The fourth-order valence-electron chi connectivity index (χ4n) is 2.36. The van der Waals surface area contributed by atoms with Gasteiger partial charge in [0.15, 0.2) is 0 Å². The zero-order valence-corrected chi connectivity index (χ0v) is 13.1. The lowest BCUT2D eigenvalue weighted by Gasteiger charge is -2.07. The summed E-state index contributed by atoms with van der Waals surface area (Å²) in [6.45, 7) is 0.622. The van der Waals surface area contributed by atoms with Crippen molar-refractivity contribution in [3.05, 3.63) is 44.9 Å². The van der Waals surface area contributed by atoms with Crippen LogP contribution in [-0.2, 0) is 6.42 Å². The summed E-state index contributed by atoms with van der Waals surface area (Å²) >= 11 is 5.01. The van der Waals surface area contributed by atoms with Gasteiger partial charge in [-0.2, -0.15) is 0 Å². The van der Waals surface area contributed by atoms with Crippen molar-refractivity contribution in [1.82, 2.24) is 10.2 Å². The second-order valence-electron chi connectivity index (χ2n) is 4.62. The zero-order chi connectivity index (χ0) is 14.4. The molecule has 0 fully saturated rings. The Labute approximate surface area is 131 Å². The van der Waals surface area contributed by atoms with Crippen LogP contribution in [0.5, 0.6) is 5.75 Å². The number of aromatic amines is 1. The summed E-state index contributed by atoms with van der Waals surface area (Å²) in [5.74, 6) is 0.652. The molecule has 0 amide bonds. The van der Waals surface area contributed by atoms with E-state index in [1.54, 1.807) is 11.3 Å². The SMILES string of the molecule is O=c1[nH]nc(-c2cc3c(s2)-c2ccc(Br)cc2OCC3)o1. The largest absolute Gasteiger partial charge is 0.493 e. The van der Waals surface area contributed by atoms with Crippen molar-refractivity contribution in [2.45, 2.75) is 6.42 Å². The first kappa shape index (κ1) is 12.8. The van der Waals surface area contributed by atoms with Crippen LogP contribution in [0.25, 0.3) is 21.2 Å². The number of halogens is 1. The van der Waals surface area contributed by atoms with E-state index in [1.165, 1.54) is 5.56 Å². The van der Waals surface area contributed by atoms with Crippen molar-refractivity contribution < 1.29 is 9.15 Å². The Kier molecular flexibility index (Phi) is 2.97. The number of aromatic nitrogens is 2. The van der Waals surface area contributed by atoms with Crippen LogP contribution in [-0.4, -0.2) is 16.8 Å². The molecule has 1 aliphatic heterocycles. The Morgan fingerprint density at radius 2 is 2.24 bits per heavy atom. The molecule has 3 aromatic rings. The Morgan fingerprint density at radius 1 is 1.33 bits per heavy atom. The fraction of sp³-hybridized carbons (Fsp3) is 0.143. The topological polar surface area (TPSA) is 68.1 Å². The first-order valence-electron chi connectivity index (χ1n) is 6.32. The predicted octanol–water partition coefficient (Wildman–Crippen LogP) is 3.46. The van der Waals surface area contributed by atoms with Gasteiger partial charge in [-0.05, 0) is 29.8 Å². The molecule has 0 radical (unpaired) electrons. The van der Waals surface area contributed by atoms with E-state index in [-0.39, 0.29) is 0 Å². The lowest BCUT2D eigenvalue weighted by Crippen LogP contribution is -1.98. The van der Waals surface area contributed by atoms with Crippen LogP contribution in [0.3, 0.4) is 0 Å². The fourth-order valence-corrected chi connectivity index (χ4v) is 3.86. The standard InChI is InChI=1S/C14H9BrN2O3S/c15-8-1-2-9-10(6-8)19-4-3-7-5-11(21-12(7)9)13-16-17-14(18)20-13/h1-2,5-6H,3-4H2,(H,17,18). The minimum absolute atomic E-state index is 0.331. The molecule has 7 heteroatoms. The van der Waals surface area contributed by atoms with Crippen LogP contribution in [0.15, 0.2) is 37.9 Å². The number of ether oxygens (including phenoxy) is 1. The molecule has 3 heterocycles. The van der Waals surface area contributed by atoms with Crippen molar-refractivity contribution in [1.29, 1.82) is 0 Å². The number of hydrogen-bond donors (Lipinski definition) is 1. The Balaban J connectivity index is 1.89. The van der Waals surface area contributed by atoms with Gasteiger partial charge in [-0.25, -0.2) is 9.89 Å². The van der Waals surface area contributed by atoms with Gasteiger partial charge in [0.25, 0.3) is 5.89 Å². The van der Waals surface area contributed by atoms with Crippen molar-refractivity contribution in [3.8, 4) is 27.0 Å². The highest BCUT2D eigenvalue weighted by Gasteiger charge is 2.21. The Hall–Kier alpha value is -1.86. The minimum atomic E-state index is -0.541. The van der Waals surface area contributed by atoms with Gasteiger partial charge in [0.05, 0.1) is 11.5 Å². The molecule has 0 saturated heterocycles. The van der Waals surface area contributed by atoms with E-state index in [9.17, 15) is 4.79 Å². The van der Waals surface area contributed by atoms with Gasteiger partial charge in [-0.3, -0.25) is 0 Å².